The van der Waals surface area contributed by atoms with Crippen molar-refractivity contribution in [1.29, 1.82) is 0 Å². The summed E-state index contributed by atoms with van der Waals surface area (Å²) in [4.78, 5) is 30.8. The second-order valence-electron chi connectivity index (χ2n) is 8.34. The molecule has 1 aromatic carbocycles. The highest BCUT2D eigenvalue weighted by atomic mass is 32.1. The van der Waals surface area contributed by atoms with Gasteiger partial charge in [-0.2, -0.15) is 0 Å². The van der Waals surface area contributed by atoms with Gasteiger partial charge in [0.25, 0.3) is 0 Å². The van der Waals surface area contributed by atoms with Gasteiger partial charge in [-0.1, -0.05) is 61.7 Å². The highest BCUT2D eigenvalue weighted by Crippen LogP contribution is 2.28. The number of benzene rings is 1. The molecule has 4 nitrogen and oxygen atoms in total. The third-order valence-electron chi connectivity index (χ3n) is 6.03. The molecule has 2 amide bonds. The van der Waals surface area contributed by atoms with Gasteiger partial charge in [0.1, 0.15) is 6.04 Å². The Morgan fingerprint density at radius 1 is 0.938 bits per heavy atom. The molecule has 0 spiro atoms. The molecule has 4 rings (SSSR count). The van der Waals surface area contributed by atoms with Crippen LogP contribution < -0.4 is 5.32 Å². The molecule has 1 fully saturated rings. The topological polar surface area (TPSA) is 49.4 Å². The van der Waals surface area contributed by atoms with Gasteiger partial charge in [0.15, 0.2) is 0 Å². The van der Waals surface area contributed by atoms with Gasteiger partial charge in [-0.05, 0) is 47.7 Å². The number of rotatable bonds is 9. The average molecular weight is 467 g/mol. The van der Waals surface area contributed by atoms with Crippen LogP contribution in [0.1, 0.15) is 53.5 Å². The number of hydrogen-bond donors (Lipinski definition) is 1. The molecule has 2 aromatic heterocycles. The second-order valence-corrected chi connectivity index (χ2v) is 10.4. The maximum Gasteiger partial charge on any atom is 0.248 e. The van der Waals surface area contributed by atoms with E-state index in [0.29, 0.717) is 13.0 Å². The SMILES string of the molecule is O=C(NC1CCCCC1)[C@H](c1cccs1)N(CCc1ccccc1)C(=O)Cc1cccs1. The first kappa shape index (κ1) is 22.7. The van der Waals surface area contributed by atoms with E-state index >= 15 is 0 Å². The molecule has 0 aliphatic heterocycles. The van der Waals surface area contributed by atoms with Crippen LogP contribution in [0.15, 0.2) is 65.4 Å². The van der Waals surface area contributed by atoms with Gasteiger partial charge in [-0.25, -0.2) is 0 Å². The van der Waals surface area contributed by atoms with Gasteiger partial charge in [0.2, 0.25) is 11.8 Å². The fourth-order valence-electron chi connectivity index (χ4n) is 4.35. The van der Waals surface area contributed by atoms with Crippen molar-refractivity contribution in [2.24, 2.45) is 0 Å². The quantitative estimate of drug-likeness (QED) is 0.445. The minimum atomic E-state index is -0.590. The van der Waals surface area contributed by atoms with Crippen LogP contribution >= 0.6 is 22.7 Å². The van der Waals surface area contributed by atoms with Crippen molar-refractivity contribution in [3.05, 3.63) is 80.7 Å². The van der Waals surface area contributed by atoms with Crippen molar-refractivity contribution in [2.45, 2.75) is 57.0 Å². The molecular formula is C26H30N2O2S2. The van der Waals surface area contributed by atoms with E-state index in [2.05, 4.69) is 17.4 Å². The predicted molar refractivity (Wildman–Crippen MR) is 132 cm³/mol. The van der Waals surface area contributed by atoms with Gasteiger partial charge >= 0.3 is 0 Å². The minimum Gasteiger partial charge on any atom is -0.351 e. The Morgan fingerprint density at radius 3 is 2.38 bits per heavy atom. The van der Waals surface area contributed by atoms with E-state index in [-0.39, 0.29) is 17.9 Å². The lowest BCUT2D eigenvalue weighted by Gasteiger charge is -2.33. The Hall–Kier alpha value is -2.44. The molecule has 0 radical (unpaired) electrons. The average Bonchev–Trinajstić information content (AvgIpc) is 3.52. The zero-order chi connectivity index (χ0) is 22.2. The van der Waals surface area contributed by atoms with Crippen LogP contribution in [0.5, 0.6) is 0 Å². The molecule has 1 aliphatic rings. The smallest absolute Gasteiger partial charge is 0.248 e. The van der Waals surface area contributed by atoms with Crippen LogP contribution in [-0.2, 0) is 22.4 Å². The Kier molecular flexibility index (Phi) is 8.13. The van der Waals surface area contributed by atoms with Crippen molar-refractivity contribution in [1.82, 2.24) is 10.2 Å². The third-order valence-corrected chi connectivity index (χ3v) is 7.84. The lowest BCUT2D eigenvalue weighted by atomic mass is 9.95. The molecule has 1 atom stereocenters. The zero-order valence-corrected chi connectivity index (χ0v) is 19.9. The van der Waals surface area contributed by atoms with Crippen molar-refractivity contribution in [2.75, 3.05) is 6.54 Å². The molecule has 168 valence electrons. The van der Waals surface area contributed by atoms with E-state index < -0.39 is 6.04 Å². The summed E-state index contributed by atoms with van der Waals surface area (Å²) in [5.74, 6) is -0.0486. The number of thiophene rings is 2. The fraction of sp³-hybridized carbons (Fsp3) is 0.385. The Balaban J connectivity index is 1.58. The summed E-state index contributed by atoms with van der Waals surface area (Å²) in [6.07, 6.45) is 6.64. The predicted octanol–water partition coefficient (Wildman–Crippen LogP) is 5.61. The molecule has 2 heterocycles. The molecule has 32 heavy (non-hydrogen) atoms. The standard InChI is InChI=1S/C26H30N2O2S2/c29-24(19-22-13-7-17-31-22)28(16-15-20-9-3-1-4-10-20)25(23-14-8-18-32-23)26(30)27-21-11-5-2-6-12-21/h1,3-4,7-10,13-14,17-18,21,25H,2,5-6,11-12,15-16,19H2,(H,27,30)/t25-/m0/s1. The van der Waals surface area contributed by atoms with Gasteiger partial charge in [0.05, 0.1) is 6.42 Å². The Labute approximate surface area is 198 Å². The molecule has 0 bridgehead atoms. The van der Waals surface area contributed by atoms with Crippen LogP contribution in [-0.4, -0.2) is 29.3 Å². The first-order valence-electron chi connectivity index (χ1n) is 11.4. The summed E-state index contributed by atoms with van der Waals surface area (Å²) in [5, 5.41) is 7.25. The van der Waals surface area contributed by atoms with Crippen LogP contribution in [0.3, 0.4) is 0 Å². The second kappa shape index (κ2) is 11.4. The number of hydrogen-bond acceptors (Lipinski definition) is 4. The summed E-state index contributed by atoms with van der Waals surface area (Å²) in [5.41, 5.74) is 1.17. The number of nitrogens with one attached hydrogen (secondary N) is 1. The Bertz CT molecular complexity index is 965. The van der Waals surface area contributed by atoms with Crippen LogP contribution in [0.4, 0.5) is 0 Å². The first-order valence-corrected chi connectivity index (χ1v) is 13.2. The van der Waals surface area contributed by atoms with Crippen molar-refractivity contribution in [3.8, 4) is 0 Å². The maximum absolute atomic E-state index is 13.6. The molecule has 1 aliphatic carbocycles. The van der Waals surface area contributed by atoms with Crippen LogP contribution in [0.2, 0.25) is 0 Å². The van der Waals surface area contributed by atoms with E-state index in [1.165, 1.54) is 12.0 Å². The molecule has 6 heteroatoms. The molecule has 0 unspecified atom stereocenters. The summed E-state index contributed by atoms with van der Waals surface area (Å²) >= 11 is 3.13. The van der Waals surface area contributed by atoms with E-state index in [9.17, 15) is 9.59 Å². The van der Waals surface area contributed by atoms with Crippen LogP contribution in [0.25, 0.3) is 0 Å². The number of carbonyl (C=O) groups excluding carboxylic acids is 2. The summed E-state index contributed by atoms with van der Waals surface area (Å²) in [7, 11) is 0. The summed E-state index contributed by atoms with van der Waals surface area (Å²) in [6, 6.07) is 17.7. The molecule has 3 aromatic rings. The van der Waals surface area contributed by atoms with Gasteiger partial charge < -0.3 is 10.2 Å². The number of nitrogens with zero attached hydrogens (tertiary/aromatic N) is 1. The number of amides is 2. The highest BCUT2D eigenvalue weighted by Gasteiger charge is 2.33. The molecule has 1 saturated carbocycles. The highest BCUT2D eigenvalue weighted by molar-refractivity contribution is 7.10. The van der Waals surface area contributed by atoms with E-state index in [1.807, 2.05) is 53.2 Å². The van der Waals surface area contributed by atoms with Crippen molar-refractivity contribution >= 4 is 34.5 Å². The molecule has 0 saturated heterocycles. The lowest BCUT2D eigenvalue weighted by molar-refractivity contribution is -0.140. The van der Waals surface area contributed by atoms with Gasteiger partial charge in [-0.15, -0.1) is 22.7 Å². The minimum absolute atomic E-state index is 0.000533. The van der Waals surface area contributed by atoms with Crippen molar-refractivity contribution < 1.29 is 9.59 Å². The van der Waals surface area contributed by atoms with E-state index in [0.717, 1.165) is 41.9 Å². The summed E-state index contributed by atoms with van der Waals surface area (Å²) in [6.45, 7) is 0.509. The Morgan fingerprint density at radius 2 is 1.69 bits per heavy atom. The number of carbonyl (C=O) groups is 2. The van der Waals surface area contributed by atoms with E-state index in [1.54, 1.807) is 27.6 Å². The van der Waals surface area contributed by atoms with E-state index in [4.69, 9.17) is 0 Å². The third kappa shape index (κ3) is 6.08. The molecule has 1 N–H and O–H groups in total. The normalized spacial score (nSPS) is 15.2. The lowest BCUT2D eigenvalue weighted by Crippen LogP contribution is -2.47. The summed E-state index contributed by atoms with van der Waals surface area (Å²) < 4.78 is 0. The van der Waals surface area contributed by atoms with Crippen LogP contribution in [0, 0.1) is 0 Å². The first-order chi connectivity index (χ1) is 15.7. The monoisotopic (exact) mass is 466 g/mol. The largest absolute Gasteiger partial charge is 0.351 e. The maximum atomic E-state index is 13.6. The molecular weight excluding hydrogens is 436 g/mol. The van der Waals surface area contributed by atoms with Crippen molar-refractivity contribution in [3.63, 3.8) is 0 Å². The van der Waals surface area contributed by atoms with Gasteiger partial charge in [0, 0.05) is 22.3 Å². The van der Waals surface area contributed by atoms with Gasteiger partial charge in [-0.3, -0.25) is 9.59 Å². The fourth-order valence-corrected chi connectivity index (χ4v) is 5.88. The zero-order valence-electron chi connectivity index (χ0n) is 18.2.